The number of nitrogens with one attached hydrogen (secondary N) is 1. The fourth-order valence-corrected chi connectivity index (χ4v) is 4.09. The average molecular weight is 420 g/mol. The van der Waals surface area contributed by atoms with E-state index in [2.05, 4.69) is 34.3 Å². The van der Waals surface area contributed by atoms with E-state index in [4.69, 9.17) is 9.47 Å². The Labute approximate surface area is 183 Å². The Kier molecular flexibility index (Phi) is 6.57. The first kappa shape index (κ1) is 21.0. The highest BCUT2D eigenvalue weighted by molar-refractivity contribution is 5.76. The molecule has 31 heavy (non-hydrogen) atoms. The van der Waals surface area contributed by atoms with Gasteiger partial charge in [0.1, 0.15) is 5.75 Å². The van der Waals surface area contributed by atoms with E-state index in [0.717, 1.165) is 34.7 Å². The Morgan fingerprint density at radius 2 is 1.90 bits per heavy atom. The van der Waals surface area contributed by atoms with E-state index in [-0.39, 0.29) is 12.1 Å². The van der Waals surface area contributed by atoms with Crippen LogP contribution in [0.4, 0.5) is 4.79 Å². The Bertz CT molecular complexity index is 1010. The molecule has 3 aromatic rings. The minimum atomic E-state index is -0.222. The Morgan fingerprint density at radius 3 is 2.68 bits per heavy atom. The quantitative estimate of drug-likeness (QED) is 0.573. The fraction of sp³-hybridized carbons (Fsp3) is 0.320. The number of urea groups is 1. The van der Waals surface area contributed by atoms with Crippen LogP contribution in [-0.2, 0) is 11.3 Å². The lowest BCUT2D eigenvalue weighted by atomic mass is 10.0. The van der Waals surface area contributed by atoms with Crippen molar-refractivity contribution < 1.29 is 14.3 Å². The van der Waals surface area contributed by atoms with Gasteiger partial charge < -0.3 is 24.3 Å². The molecule has 6 nitrogen and oxygen atoms in total. The zero-order valence-electron chi connectivity index (χ0n) is 18.1. The molecule has 0 radical (unpaired) electrons. The lowest BCUT2D eigenvalue weighted by Crippen LogP contribution is -2.42. The maximum Gasteiger partial charge on any atom is 0.318 e. The van der Waals surface area contributed by atoms with Crippen molar-refractivity contribution in [2.24, 2.45) is 0 Å². The van der Waals surface area contributed by atoms with Gasteiger partial charge in [-0.15, -0.1) is 0 Å². The number of carbonyl (C=O) groups is 1. The summed E-state index contributed by atoms with van der Waals surface area (Å²) in [6.45, 7) is 4.40. The second kappa shape index (κ2) is 9.71. The molecule has 1 unspecified atom stereocenters. The van der Waals surface area contributed by atoms with Gasteiger partial charge in [0.25, 0.3) is 0 Å². The Hall–Kier alpha value is -3.25. The van der Waals surface area contributed by atoms with Gasteiger partial charge in [-0.1, -0.05) is 30.3 Å². The molecule has 162 valence electrons. The summed E-state index contributed by atoms with van der Waals surface area (Å²) in [5.74, 6) is 0.794. The van der Waals surface area contributed by atoms with Gasteiger partial charge in [0.2, 0.25) is 0 Å². The molecule has 0 aliphatic carbocycles. The highest BCUT2D eigenvalue weighted by atomic mass is 16.5. The number of carbonyl (C=O) groups excluding carboxylic acids is 1. The number of para-hydroxylation sites is 1. The van der Waals surface area contributed by atoms with Crippen molar-refractivity contribution in [2.75, 3.05) is 26.9 Å². The number of aromatic nitrogens is 1. The molecule has 2 aromatic carbocycles. The molecule has 1 atom stereocenters. The number of rotatable bonds is 7. The molecule has 4 rings (SSSR count). The fourth-order valence-electron chi connectivity index (χ4n) is 4.09. The van der Waals surface area contributed by atoms with Crippen molar-refractivity contribution in [3.05, 3.63) is 83.7 Å². The molecule has 0 fully saturated rings. The molecule has 1 aliphatic rings. The standard InChI is InChI=1S/C25H29N3O3/c1-3-31-17-7-15-26-25(29)28-18-20-8-4-5-9-22(20)27-16-6-10-23(27)24(28)19-11-13-21(30-2)14-12-19/h4-6,8-14,16,24H,3,7,15,17-18H2,1-2H3,(H,26,29). The van der Waals surface area contributed by atoms with Crippen LogP contribution in [-0.4, -0.2) is 42.4 Å². The summed E-state index contributed by atoms with van der Waals surface area (Å²) in [5.41, 5.74) is 4.31. The number of fused-ring (bicyclic) bond motifs is 3. The van der Waals surface area contributed by atoms with Gasteiger partial charge in [0, 0.05) is 31.6 Å². The third-order valence-corrected chi connectivity index (χ3v) is 5.60. The predicted molar refractivity (Wildman–Crippen MR) is 121 cm³/mol. The molecular formula is C25H29N3O3. The van der Waals surface area contributed by atoms with Crippen molar-refractivity contribution in [1.82, 2.24) is 14.8 Å². The van der Waals surface area contributed by atoms with Crippen LogP contribution in [0.1, 0.15) is 36.2 Å². The van der Waals surface area contributed by atoms with Gasteiger partial charge in [-0.25, -0.2) is 4.79 Å². The van der Waals surface area contributed by atoms with Gasteiger partial charge in [-0.2, -0.15) is 0 Å². The molecule has 1 aromatic heterocycles. The van der Waals surface area contributed by atoms with Gasteiger partial charge in [-0.3, -0.25) is 0 Å². The number of amides is 2. The summed E-state index contributed by atoms with van der Waals surface area (Å²) in [5, 5.41) is 3.09. The Morgan fingerprint density at radius 1 is 1.10 bits per heavy atom. The predicted octanol–water partition coefficient (Wildman–Crippen LogP) is 4.53. The molecule has 0 spiro atoms. The van der Waals surface area contributed by atoms with E-state index in [1.54, 1.807) is 7.11 Å². The van der Waals surface area contributed by atoms with Crippen molar-refractivity contribution >= 4 is 6.03 Å². The van der Waals surface area contributed by atoms with Gasteiger partial charge >= 0.3 is 6.03 Å². The molecule has 0 bridgehead atoms. The first-order chi connectivity index (χ1) is 15.2. The third-order valence-electron chi connectivity index (χ3n) is 5.60. The van der Waals surface area contributed by atoms with Crippen LogP contribution < -0.4 is 10.1 Å². The van der Waals surface area contributed by atoms with Crippen LogP contribution in [0.2, 0.25) is 0 Å². The van der Waals surface area contributed by atoms with E-state index in [1.807, 2.05) is 54.3 Å². The van der Waals surface area contributed by atoms with Crippen LogP contribution in [0.15, 0.2) is 66.9 Å². The van der Waals surface area contributed by atoms with Gasteiger partial charge in [-0.05, 0) is 54.8 Å². The first-order valence-electron chi connectivity index (χ1n) is 10.7. The highest BCUT2D eigenvalue weighted by Gasteiger charge is 2.32. The number of hydrogen-bond donors (Lipinski definition) is 1. The second-order valence-corrected chi connectivity index (χ2v) is 7.52. The summed E-state index contributed by atoms with van der Waals surface area (Å²) in [7, 11) is 1.66. The summed E-state index contributed by atoms with van der Waals surface area (Å²) >= 11 is 0. The number of methoxy groups -OCH3 is 1. The molecule has 0 saturated heterocycles. The maximum atomic E-state index is 13.4. The smallest absolute Gasteiger partial charge is 0.318 e. The van der Waals surface area contributed by atoms with E-state index in [1.165, 1.54) is 0 Å². The molecular weight excluding hydrogens is 390 g/mol. The van der Waals surface area contributed by atoms with Crippen molar-refractivity contribution in [3.63, 3.8) is 0 Å². The van der Waals surface area contributed by atoms with E-state index in [9.17, 15) is 4.79 Å². The number of benzene rings is 2. The van der Waals surface area contributed by atoms with Crippen LogP contribution in [0.3, 0.4) is 0 Å². The highest BCUT2D eigenvalue weighted by Crippen LogP contribution is 2.37. The molecule has 2 amide bonds. The Balaban J connectivity index is 1.70. The third kappa shape index (κ3) is 4.44. The van der Waals surface area contributed by atoms with E-state index < -0.39 is 0 Å². The van der Waals surface area contributed by atoms with Crippen LogP contribution >= 0.6 is 0 Å². The topological polar surface area (TPSA) is 55.7 Å². The van der Waals surface area contributed by atoms with Crippen LogP contribution in [0.5, 0.6) is 5.75 Å². The summed E-state index contributed by atoms with van der Waals surface area (Å²) in [6.07, 6.45) is 2.85. The largest absolute Gasteiger partial charge is 0.497 e. The maximum absolute atomic E-state index is 13.4. The molecule has 1 aliphatic heterocycles. The summed E-state index contributed by atoms with van der Waals surface area (Å²) in [4.78, 5) is 15.3. The van der Waals surface area contributed by atoms with E-state index in [0.29, 0.717) is 26.3 Å². The second-order valence-electron chi connectivity index (χ2n) is 7.52. The number of nitrogens with zero attached hydrogens (tertiary/aromatic N) is 2. The van der Waals surface area contributed by atoms with Crippen LogP contribution in [0, 0.1) is 0 Å². The van der Waals surface area contributed by atoms with Crippen molar-refractivity contribution in [2.45, 2.75) is 25.9 Å². The lowest BCUT2D eigenvalue weighted by molar-refractivity contribution is 0.143. The SMILES string of the molecule is CCOCCCNC(=O)N1Cc2ccccc2-n2cccc2C1c1ccc(OC)cc1. The average Bonchev–Trinajstić information content (AvgIpc) is 3.23. The molecule has 6 heteroatoms. The van der Waals surface area contributed by atoms with Crippen molar-refractivity contribution in [1.29, 1.82) is 0 Å². The minimum absolute atomic E-state index is 0.0817. The lowest BCUT2D eigenvalue weighted by Gasteiger charge is -2.31. The summed E-state index contributed by atoms with van der Waals surface area (Å²) < 4.78 is 12.9. The van der Waals surface area contributed by atoms with Crippen molar-refractivity contribution in [3.8, 4) is 11.4 Å². The van der Waals surface area contributed by atoms with Gasteiger partial charge in [0.05, 0.1) is 25.4 Å². The number of hydrogen-bond acceptors (Lipinski definition) is 3. The monoisotopic (exact) mass is 419 g/mol. The summed E-state index contributed by atoms with van der Waals surface area (Å²) in [6, 6.07) is 20.0. The molecule has 0 saturated carbocycles. The van der Waals surface area contributed by atoms with E-state index >= 15 is 0 Å². The van der Waals surface area contributed by atoms with Crippen LogP contribution in [0.25, 0.3) is 5.69 Å². The zero-order chi connectivity index (χ0) is 21.6. The first-order valence-corrected chi connectivity index (χ1v) is 10.7. The normalized spacial score (nSPS) is 15.0. The zero-order valence-corrected chi connectivity index (χ0v) is 18.1. The molecule has 2 heterocycles. The minimum Gasteiger partial charge on any atom is -0.497 e. The number of ether oxygens (including phenoxy) is 2. The molecule has 1 N–H and O–H groups in total. The van der Waals surface area contributed by atoms with Gasteiger partial charge in [0.15, 0.2) is 0 Å².